The summed E-state index contributed by atoms with van der Waals surface area (Å²) in [6.45, 7) is 4.74. The first-order valence-corrected chi connectivity index (χ1v) is 14.2. The van der Waals surface area contributed by atoms with Crippen LogP contribution in [0.4, 0.5) is 5.69 Å². The predicted molar refractivity (Wildman–Crippen MR) is 155 cm³/mol. The monoisotopic (exact) mass is 573 g/mol. The third-order valence-electron chi connectivity index (χ3n) is 7.14. The van der Waals surface area contributed by atoms with E-state index in [1.54, 1.807) is 24.7 Å². The number of rotatable bonds is 14. The number of nitrogens with zero attached hydrogens (tertiary/aromatic N) is 4. The number of nitrogens with two attached hydrogens (primary N) is 1. The zero-order valence-electron chi connectivity index (χ0n) is 22.1. The van der Waals surface area contributed by atoms with Gasteiger partial charge in [-0.15, -0.1) is 0 Å². The van der Waals surface area contributed by atoms with Crippen molar-refractivity contribution in [1.29, 1.82) is 0 Å². The van der Waals surface area contributed by atoms with E-state index in [2.05, 4.69) is 26.9 Å². The molecule has 3 aromatic rings. The van der Waals surface area contributed by atoms with Gasteiger partial charge < -0.3 is 25.0 Å². The second-order valence-corrected chi connectivity index (χ2v) is 11.0. The average Bonchev–Trinajstić information content (AvgIpc) is 3.41. The summed E-state index contributed by atoms with van der Waals surface area (Å²) in [6.07, 6.45) is 9.58. The zero-order valence-corrected chi connectivity index (χ0v) is 23.7. The van der Waals surface area contributed by atoms with Gasteiger partial charge in [0, 0.05) is 59.9 Å². The van der Waals surface area contributed by atoms with Crippen LogP contribution < -0.4 is 15.4 Å². The molecule has 210 valence electrons. The number of hydrogen-bond donors (Lipinski definition) is 2. The predicted octanol–water partition coefficient (Wildman–Crippen LogP) is 4.71. The first-order chi connectivity index (χ1) is 18.8. The zero-order chi connectivity index (χ0) is 27.7. The van der Waals surface area contributed by atoms with E-state index in [1.807, 2.05) is 29.0 Å². The summed E-state index contributed by atoms with van der Waals surface area (Å²) in [5, 5.41) is 12.6. The van der Waals surface area contributed by atoms with Gasteiger partial charge in [0.15, 0.2) is 0 Å². The number of unbranched alkanes of at least 4 members (excludes halogenated alkanes) is 3. The van der Waals surface area contributed by atoms with Crippen LogP contribution in [0.3, 0.4) is 0 Å². The molecule has 8 nitrogen and oxygen atoms in total. The number of ether oxygens (including phenoxy) is 1. The molecule has 0 saturated carbocycles. The molecule has 0 aliphatic carbocycles. The molecule has 10 heteroatoms. The van der Waals surface area contributed by atoms with Gasteiger partial charge in [0.05, 0.1) is 26.0 Å². The average molecular weight is 575 g/mol. The normalized spacial score (nSPS) is 15.7. The number of primary amides is 1. The van der Waals surface area contributed by atoms with E-state index in [-0.39, 0.29) is 5.91 Å². The number of imidazole rings is 1. The van der Waals surface area contributed by atoms with Gasteiger partial charge in [0.1, 0.15) is 11.4 Å². The van der Waals surface area contributed by atoms with E-state index >= 15 is 0 Å². The largest absolute Gasteiger partial charge is 0.494 e. The van der Waals surface area contributed by atoms with Crippen LogP contribution in [0.2, 0.25) is 10.0 Å². The summed E-state index contributed by atoms with van der Waals surface area (Å²) in [7, 11) is 0. The molecule has 1 aliphatic rings. The maximum Gasteiger partial charge on any atom is 0.231 e. The third-order valence-corrected chi connectivity index (χ3v) is 7.69. The topological polar surface area (TPSA) is 96.9 Å². The number of piperazine rings is 1. The highest BCUT2D eigenvalue weighted by molar-refractivity contribution is 6.35. The standard InChI is InChI=1S/C29H37Cl2N5O3/c30-23-5-10-26(27(31)19-23)29(38,21-35-13-12-33-22-35)11-3-1-2-4-18-39-25-8-6-24(7-9-25)36-16-14-34(15-17-36)20-28(32)37/h5-10,12-13,19,22,38H,1-4,11,14-18,20-21H2,(H2,32,37). The number of amides is 1. The Morgan fingerprint density at radius 1 is 1.03 bits per heavy atom. The van der Waals surface area contributed by atoms with Crippen LogP contribution >= 0.6 is 23.2 Å². The minimum Gasteiger partial charge on any atom is -0.494 e. The highest BCUT2D eigenvalue weighted by Gasteiger charge is 2.31. The number of halogens is 2. The number of carbonyl (C=O) groups is 1. The van der Waals surface area contributed by atoms with Crippen molar-refractivity contribution < 1.29 is 14.6 Å². The number of anilines is 1. The van der Waals surface area contributed by atoms with E-state index in [0.29, 0.717) is 41.7 Å². The van der Waals surface area contributed by atoms with Gasteiger partial charge in [-0.3, -0.25) is 9.69 Å². The van der Waals surface area contributed by atoms with Crippen molar-refractivity contribution >= 4 is 34.8 Å². The molecule has 1 atom stereocenters. The maximum absolute atomic E-state index is 11.6. The summed E-state index contributed by atoms with van der Waals surface area (Å²) in [6, 6.07) is 13.4. The fourth-order valence-corrected chi connectivity index (χ4v) is 5.63. The van der Waals surface area contributed by atoms with Crippen LogP contribution in [-0.4, -0.2) is 64.8 Å². The Morgan fingerprint density at radius 2 is 1.77 bits per heavy atom. The molecule has 1 aromatic heterocycles. The van der Waals surface area contributed by atoms with Gasteiger partial charge in [-0.2, -0.15) is 0 Å². The van der Waals surface area contributed by atoms with Crippen LogP contribution in [-0.2, 0) is 16.9 Å². The summed E-state index contributed by atoms with van der Waals surface area (Å²) >= 11 is 12.5. The Hall–Kier alpha value is -2.78. The number of carbonyl (C=O) groups excluding carboxylic acids is 1. The van der Waals surface area contributed by atoms with Crippen molar-refractivity contribution in [2.45, 2.75) is 44.2 Å². The summed E-state index contributed by atoms with van der Waals surface area (Å²) in [5.74, 6) is 0.582. The minimum absolute atomic E-state index is 0.278. The molecule has 39 heavy (non-hydrogen) atoms. The first-order valence-electron chi connectivity index (χ1n) is 13.4. The SMILES string of the molecule is NC(=O)CN1CCN(c2ccc(OCCCCCCC(O)(Cn3ccnc3)c3ccc(Cl)cc3Cl)cc2)CC1. The van der Waals surface area contributed by atoms with E-state index in [9.17, 15) is 9.90 Å². The molecular weight excluding hydrogens is 537 g/mol. The van der Waals surface area contributed by atoms with E-state index in [4.69, 9.17) is 33.7 Å². The maximum atomic E-state index is 11.6. The fourth-order valence-electron chi connectivity index (χ4n) is 5.05. The van der Waals surface area contributed by atoms with Crippen LogP contribution in [0.1, 0.15) is 37.7 Å². The van der Waals surface area contributed by atoms with Gasteiger partial charge in [0.2, 0.25) is 5.91 Å². The van der Waals surface area contributed by atoms with Crippen LogP contribution in [0, 0.1) is 0 Å². The van der Waals surface area contributed by atoms with Gasteiger partial charge >= 0.3 is 0 Å². The molecule has 0 spiro atoms. The Bertz CT molecular complexity index is 1180. The van der Waals surface area contributed by atoms with Crippen molar-refractivity contribution in [2.75, 3.05) is 44.2 Å². The Balaban J connectivity index is 1.18. The number of hydrogen-bond acceptors (Lipinski definition) is 6. The summed E-state index contributed by atoms with van der Waals surface area (Å²) < 4.78 is 7.82. The Labute approximate surface area is 240 Å². The van der Waals surface area contributed by atoms with Crippen molar-refractivity contribution in [2.24, 2.45) is 5.73 Å². The minimum atomic E-state index is -1.12. The molecule has 2 aromatic carbocycles. The van der Waals surface area contributed by atoms with Gasteiger partial charge in [0.25, 0.3) is 0 Å². The molecule has 4 rings (SSSR count). The lowest BCUT2D eigenvalue weighted by atomic mass is 9.87. The fraction of sp³-hybridized carbons (Fsp3) is 0.448. The highest BCUT2D eigenvalue weighted by atomic mass is 35.5. The second kappa shape index (κ2) is 14.0. The summed E-state index contributed by atoms with van der Waals surface area (Å²) in [4.78, 5) is 19.6. The van der Waals surface area contributed by atoms with Crippen LogP contribution in [0.25, 0.3) is 0 Å². The van der Waals surface area contributed by atoms with Gasteiger partial charge in [-0.25, -0.2) is 4.98 Å². The molecule has 0 bridgehead atoms. The third kappa shape index (κ3) is 8.60. The van der Waals surface area contributed by atoms with E-state index in [0.717, 1.165) is 63.3 Å². The quantitative estimate of drug-likeness (QED) is 0.271. The van der Waals surface area contributed by atoms with Crippen LogP contribution in [0.15, 0.2) is 61.2 Å². The molecule has 2 heterocycles. The molecule has 1 aliphatic heterocycles. The number of aromatic nitrogens is 2. The van der Waals surface area contributed by atoms with Crippen molar-refractivity contribution in [3.05, 3.63) is 76.8 Å². The molecule has 1 unspecified atom stereocenters. The lowest BCUT2D eigenvalue weighted by Crippen LogP contribution is -2.48. The lowest BCUT2D eigenvalue weighted by molar-refractivity contribution is -0.119. The smallest absolute Gasteiger partial charge is 0.231 e. The van der Waals surface area contributed by atoms with Crippen molar-refractivity contribution in [3.8, 4) is 5.75 Å². The number of aliphatic hydroxyl groups is 1. The lowest BCUT2D eigenvalue weighted by Gasteiger charge is -2.35. The number of benzene rings is 2. The van der Waals surface area contributed by atoms with Crippen molar-refractivity contribution in [3.63, 3.8) is 0 Å². The molecule has 1 amide bonds. The van der Waals surface area contributed by atoms with Crippen molar-refractivity contribution in [1.82, 2.24) is 14.5 Å². The molecule has 3 N–H and O–H groups in total. The van der Waals surface area contributed by atoms with E-state index < -0.39 is 5.60 Å². The molecule has 1 fully saturated rings. The molecule has 1 saturated heterocycles. The second-order valence-electron chi connectivity index (χ2n) is 10.1. The van der Waals surface area contributed by atoms with Gasteiger partial charge in [-0.05, 0) is 49.2 Å². The van der Waals surface area contributed by atoms with Crippen LogP contribution in [0.5, 0.6) is 5.75 Å². The van der Waals surface area contributed by atoms with Gasteiger partial charge in [-0.1, -0.05) is 48.5 Å². The van der Waals surface area contributed by atoms with E-state index in [1.165, 1.54) is 0 Å². The molecular formula is C29H37Cl2N5O3. The highest BCUT2D eigenvalue weighted by Crippen LogP contribution is 2.36. The summed E-state index contributed by atoms with van der Waals surface area (Å²) in [5.41, 5.74) is 6.02. The first kappa shape index (κ1) is 29.2. The molecule has 0 radical (unpaired) electrons. The Morgan fingerprint density at radius 3 is 2.44 bits per heavy atom. The Kier molecular flexibility index (Phi) is 10.5.